The predicted molar refractivity (Wildman–Crippen MR) is 73.9 cm³/mol. The number of hydrogen-bond acceptors (Lipinski definition) is 4. The third kappa shape index (κ3) is 3.11. The van der Waals surface area contributed by atoms with E-state index in [0.29, 0.717) is 16.7 Å². The van der Waals surface area contributed by atoms with Crippen molar-refractivity contribution in [2.45, 2.75) is 0 Å². The fraction of sp³-hybridized carbons (Fsp3) is 0.0714. The van der Waals surface area contributed by atoms with E-state index in [4.69, 9.17) is 9.84 Å². The summed E-state index contributed by atoms with van der Waals surface area (Å²) >= 11 is 0. The SMILES string of the molecule is C=CCOC(=O)Nc1ccc2cc(C(=O)O)ccc2n1. The lowest BCUT2D eigenvalue weighted by molar-refractivity contribution is 0.0697. The molecule has 2 rings (SSSR count). The van der Waals surface area contributed by atoms with Gasteiger partial charge in [-0.05, 0) is 30.3 Å². The second kappa shape index (κ2) is 5.83. The third-order valence-electron chi connectivity index (χ3n) is 2.50. The molecule has 0 fully saturated rings. The molecule has 2 aromatic rings. The average molecular weight is 272 g/mol. The molecule has 20 heavy (non-hydrogen) atoms. The number of carbonyl (C=O) groups is 2. The Balaban J connectivity index is 2.21. The number of pyridine rings is 1. The van der Waals surface area contributed by atoms with Gasteiger partial charge in [-0.1, -0.05) is 12.7 Å². The highest BCUT2D eigenvalue weighted by atomic mass is 16.5. The van der Waals surface area contributed by atoms with Crippen LogP contribution in [0.2, 0.25) is 0 Å². The van der Waals surface area contributed by atoms with Crippen LogP contribution < -0.4 is 5.32 Å². The van der Waals surface area contributed by atoms with Gasteiger partial charge in [0.05, 0.1) is 11.1 Å². The molecule has 0 aliphatic carbocycles. The Hall–Kier alpha value is -2.89. The Kier molecular flexibility index (Phi) is 3.95. The van der Waals surface area contributed by atoms with Crippen LogP contribution >= 0.6 is 0 Å². The number of aromatic carboxylic acids is 1. The standard InChI is InChI=1S/C14H12N2O4/c1-2-7-20-14(19)16-12-6-4-9-8-10(13(17)18)3-5-11(9)15-12/h2-6,8H,1,7H2,(H,17,18)(H,15,16,19). The molecule has 2 N–H and O–H groups in total. The molecule has 0 aliphatic rings. The summed E-state index contributed by atoms with van der Waals surface area (Å²) in [5, 5.41) is 12.0. The molecule has 1 aromatic heterocycles. The molecule has 6 nitrogen and oxygen atoms in total. The molecule has 1 aromatic carbocycles. The Morgan fingerprint density at radius 2 is 2.15 bits per heavy atom. The zero-order chi connectivity index (χ0) is 14.5. The van der Waals surface area contributed by atoms with Crippen LogP contribution in [0.4, 0.5) is 10.6 Å². The zero-order valence-corrected chi connectivity index (χ0v) is 10.5. The van der Waals surface area contributed by atoms with E-state index in [2.05, 4.69) is 16.9 Å². The second-order valence-electron chi connectivity index (χ2n) is 3.92. The quantitative estimate of drug-likeness (QED) is 0.835. The number of carboxylic acids is 1. The van der Waals surface area contributed by atoms with Crippen LogP contribution in [0.3, 0.4) is 0 Å². The predicted octanol–water partition coefficient (Wildman–Crippen LogP) is 2.67. The van der Waals surface area contributed by atoms with Gasteiger partial charge < -0.3 is 9.84 Å². The van der Waals surface area contributed by atoms with Crippen molar-refractivity contribution in [3.8, 4) is 0 Å². The minimum absolute atomic E-state index is 0.112. The van der Waals surface area contributed by atoms with Gasteiger partial charge in [0.25, 0.3) is 0 Å². The lowest BCUT2D eigenvalue weighted by Crippen LogP contribution is -2.14. The fourth-order valence-electron chi connectivity index (χ4n) is 1.60. The third-order valence-corrected chi connectivity index (χ3v) is 2.50. The van der Waals surface area contributed by atoms with Crippen LogP contribution in [0.1, 0.15) is 10.4 Å². The van der Waals surface area contributed by atoms with Gasteiger partial charge in [0.1, 0.15) is 12.4 Å². The first-order valence-corrected chi connectivity index (χ1v) is 5.79. The van der Waals surface area contributed by atoms with Gasteiger partial charge in [-0.15, -0.1) is 0 Å². The van der Waals surface area contributed by atoms with E-state index in [0.717, 1.165) is 0 Å². The van der Waals surface area contributed by atoms with Crippen LogP contribution in [0, 0.1) is 0 Å². The number of anilines is 1. The molecular formula is C14H12N2O4. The Morgan fingerprint density at radius 1 is 1.35 bits per heavy atom. The van der Waals surface area contributed by atoms with Crippen molar-refractivity contribution in [3.63, 3.8) is 0 Å². The van der Waals surface area contributed by atoms with E-state index in [1.54, 1.807) is 18.2 Å². The Morgan fingerprint density at radius 3 is 2.85 bits per heavy atom. The molecule has 0 atom stereocenters. The van der Waals surface area contributed by atoms with Gasteiger partial charge in [0.2, 0.25) is 0 Å². The number of carboxylic acid groups (broad SMARTS) is 1. The number of aromatic nitrogens is 1. The Bertz CT molecular complexity index is 682. The second-order valence-corrected chi connectivity index (χ2v) is 3.92. The molecule has 0 bridgehead atoms. The van der Waals surface area contributed by atoms with E-state index < -0.39 is 12.1 Å². The summed E-state index contributed by atoms with van der Waals surface area (Å²) in [6.07, 6.45) is 0.833. The average Bonchev–Trinajstić information content (AvgIpc) is 2.44. The van der Waals surface area contributed by atoms with Crippen LogP contribution in [0.15, 0.2) is 43.0 Å². The Labute approximate surface area is 114 Å². The highest BCUT2D eigenvalue weighted by molar-refractivity contribution is 5.94. The van der Waals surface area contributed by atoms with Crippen LogP contribution in [-0.2, 0) is 4.74 Å². The summed E-state index contributed by atoms with van der Waals surface area (Å²) in [6.45, 7) is 3.55. The van der Waals surface area contributed by atoms with Crippen molar-refractivity contribution in [1.29, 1.82) is 0 Å². The summed E-state index contributed by atoms with van der Waals surface area (Å²) in [4.78, 5) is 26.4. The molecule has 1 amide bonds. The van der Waals surface area contributed by atoms with Gasteiger partial charge in [0, 0.05) is 5.39 Å². The summed E-state index contributed by atoms with van der Waals surface area (Å²) in [5.41, 5.74) is 0.766. The lowest BCUT2D eigenvalue weighted by atomic mass is 10.1. The zero-order valence-electron chi connectivity index (χ0n) is 10.5. The van der Waals surface area contributed by atoms with Crippen molar-refractivity contribution in [2.75, 3.05) is 11.9 Å². The maximum atomic E-state index is 11.4. The highest BCUT2D eigenvalue weighted by Crippen LogP contribution is 2.17. The van der Waals surface area contributed by atoms with E-state index in [1.165, 1.54) is 18.2 Å². The molecular weight excluding hydrogens is 260 g/mol. The first-order chi connectivity index (χ1) is 9.60. The first-order valence-electron chi connectivity index (χ1n) is 5.79. The largest absolute Gasteiger partial charge is 0.478 e. The molecule has 0 radical (unpaired) electrons. The molecule has 0 unspecified atom stereocenters. The first kappa shape index (κ1) is 13.5. The summed E-state index contributed by atoms with van der Waals surface area (Å²) in [5.74, 6) is -0.670. The fourth-order valence-corrected chi connectivity index (χ4v) is 1.60. The normalized spacial score (nSPS) is 10.0. The maximum Gasteiger partial charge on any atom is 0.413 e. The molecule has 6 heteroatoms. The molecule has 102 valence electrons. The minimum atomic E-state index is -0.998. The monoisotopic (exact) mass is 272 g/mol. The maximum absolute atomic E-state index is 11.4. The van der Waals surface area contributed by atoms with E-state index in [1.807, 2.05) is 0 Å². The summed E-state index contributed by atoms with van der Waals surface area (Å²) in [7, 11) is 0. The van der Waals surface area contributed by atoms with Gasteiger partial charge in [0.15, 0.2) is 0 Å². The lowest BCUT2D eigenvalue weighted by Gasteiger charge is -2.06. The highest BCUT2D eigenvalue weighted by Gasteiger charge is 2.07. The number of nitrogens with one attached hydrogen (secondary N) is 1. The van der Waals surface area contributed by atoms with Crippen LogP contribution in [-0.4, -0.2) is 28.8 Å². The van der Waals surface area contributed by atoms with Crippen LogP contribution in [0.5, 0.6) is 0 Å². The number of hydrogen-bond donors (Lipinski definition) is 2. The van der Waals surface area contributed by atoms with Crippen molar-refractivity contribution in [2.24, 2.45) is 0 Å². The number of nitrogens with zero attached hydrogens (tertiary/aromatic N) is 1. The number of benzene rings is 1. The minimum Gasteiger partial charge on any atom is -0.478 e. The van der Waals surface area contributed by atoms with Crippen molar-refractivity contribution >= 4 is 28.8 Å². The van der Waals surface area contributed by atoms with Gasteiger partial charge in [-0.3, -0.25) is 5.32 Å². The van der Waals surface area contributed by atoms with E-state index in [-0.39, 0.29) is 12.2 Å². The summed E-state index contributed by atoms with van der Waals surface area (Å²) < 4.78 is 4.77. The van der Waals surface area contributed by atoms with Gasteiger partial charge >= 0.3 is 12.1 Å². The molecule has 0 saturated heterocycles. The van der Waals surface area contributed by atoms with E-state index >= 15 is 0 Å². The van der Waals surface area contributed by atoms with Crippen molar-refractivity contribution in [3.05, 3.63) is 48.6 Å². The summed E-state index contributed by atoms with van der Waals surface area (Å²) in [6, 6.07) is 7.81. The van der Waals surface area contributed by atoms with E-state index in [9.17, 15) is 9.59 Å². The smallest absolute Gasteiger partial charge is 0.413 e. The van der Waals surface area contributed by atoms with Gasteiger partial charge in [-0.25, -0.2) is 14.6 Å². The van der Waals surface area contributed by atoms with Gasteiger partial charge in [-0.2, -0.15) is 0 Å². The van der Waals surface area contributed by atoms with Crippen LogP contribution in [0.25, 0.3) is 10.9 Å². The number of rotatable bonds is 4. The van der Waals surface area contributed by atoms with Crippen molar-refractivity contribution < 1.29 is 19.4 Å². The molecule has 0 saturated carbocycles. The number of amides is 1. The molecule has 0 aliphatic heterocycles. The topological polar surface area (TPSA) is 88.5 Å². The number of ether oxygens (including phenoxy) is 1. The molecule has 0 spiro atoms. The number of fused-ring (bicyclic) bond motifs is 1. The van der Waals surface area contributed by atoms with Crippen molar-refractivity contribution in [1.82, 2.24) is 4.98 Å². The molecule has 1 heterocycles. The number of carbonyl (C=O) groups excluding carboxylic acids is 1.